The zero-order chi connectivity index (χ0) is 24.2. The first-order valence-corrected chi connectivity index (χ1v) is 10.7. The zero-order valence-electron chi connectivity index (χ0n) is 18.9. The van der Waals surface area contributed by atoms with Gasteiger partial charge in [0.15, 0.2) is 0 Å². The lowest BCUT2D eigenvalue weighted by Crippen LogP contribution is -2.09. The Labute approximate surface area is 197 Å². The van der Waals surface area contributed by atoms with Crippen LogP contribution in [0.15, 0.2) is 84.9 Å². The summed E-state index contributed by atoms with van der Waals surface area (Å²) in [5.41, 5.74) is 16.9. The molecular formula is C28H24N2O4. The van der Waals surface area contributed by atoms with E-state index in [1.54, 1.807) is 60.7 Å². The van der Waals surface area contributed by atoms with Crippen molar-refractivity contribution in [2.45, 2.75) is 13.8 Å². The summed E-state index contributed by atoms with van der Waals surface area (Å²) in [5, 5.41) is 0. The van der Waals surface area contributed by atoms with Gasteiger partial charge in [0.05, 0.1) is 11.1 Å². The van der Waals surface area contributed by atoms with Crippen molar-refractivity contribution in [3.05, 3.63) is 107 Å². The van der Waals surface area contributed by atoms with Gasteiger partial charge in [-0.3, -0.25) is 0 Å². The first kappa shape index (κ1) is 22.6. The van der Waals surface area contributed by atoms with Crippen molar-refractivity contribution in [2.75, 3.05) is 11.5 Å². The summed E-state index contributed by atoms with van der Waals surface area (Å²) in [7, 11) is 0. The quantitative estimate of drug-likeness (QED) is 0.233. The van der Waals surface area contributed by atoms with Gasteiger partial charge in [-0.1, -0.05) is 24.3 Å². The van der Waals surface area contributed by atoms with Crippen molar-refractivity contribution in [2.24, 2.45) is 0 Å². The van der Waals surface area contributed by atoms with E-state index in [1.165, 1.54) is 0 Å². The first-order chi connectivity index (χ1) is 16.3. The van der Waals surface area contributed by atoms with Gasteiger partial charge >= 0.3 is 11.9 Å². The molecule has 4 N–H and O–H groups in total. The lowest BCUT2D eigenvalue weighted by Gasteiger charge is -2.09. The molecule has 170 valence electrons. The van der Waals surface area contributed by atoms with E-state index in [2.05, 4.69) is 0 Å². The van der Waals surface area contributed by atoms with Crippen LogP contribution in [0.1, 0.15) is 31.8 Å². The smallest absolute Gasteiger partial charge is 0.343 e. The van der Waals surface area contributed by atoms with Crippen molar-refractivity contribution >= 4 is 23.3 Å². The van der Waals surface area contributed by atoms with Crippen molar-refractivity contribution in [3.8, 4) is 22.6 Å². The van der Waals surface area contributed by atoms with E-state index in [0.29, 0.717) is 34.0 Å². The molecule has 4 aromatic rings. The van der Waals surface area contributed by atoms with E-state index in [1.807, 2.05) is 38.1 Å². The van der Waals surface area contributed by atoms with E-state index in [4.69, 9.17) is 20.9 Å². The number of benzene rings is 4. The Morgan fingerprint density at radius 1 is 0.559 bits per heavy atom. The summed E-state index contributed by atoms with van der Waals surface area (Å²) in [5.74, 6) is 0.0470. The van der Waals surface area contributed by atoms with Crippen molar-refractivity contribution in [1.82, 2.24) is 0 Å². The molecule has 34 heavy (non-hydrogen) atoms. The van der Waals surface area contributed by atoms with Crippen molar-refractivity contribution in [3.63, 3.8) is 0 Å². The van der Waals surface area contributed by atoms with Crippen LogP contribution < -0.4 is 20.9 Å². The van der Waals surface area contributed by atoms with Crippen LogP contribution in [0.4, 0.5) is 11.4 Å². The lowest BCUT2D eigenvalue weighted by molar-refractivity contribution is 0.0724. The Balaban J connectivity index is 1.43. The minimum absolute atomic E-state index is 0.430. The summed E-state index contributed by atoms with van der Waals surface area (Å²) in [6, 6.07) is 24.4. The molecule has 0 fully saturated rings. The molecule has 0 radical (unpaired) electrons. The minimum atomic E-state index is -0.449. The van der Waals surface area contributed by atoms with E-state index >= 15 is 0 Å². The average molecular weight is 453 g/mol. The fourth-order valence-corrected chi connectivity index (χ4v) is 3.49. The number of carbonyl (C=O) groups is 2. The second-order valence-electron chi connectivity index (χ2n) is 7.98. The van der Waals surface area contributed by atoms with Gasteiger partial charge in [-0.05, 0) is 96.8 Å². The van der Waals surface area contributed by atoms with Gasteiger partial charge in [0.1, 0.15) is 11.5 Å². The van der Waals surface area contributed by atoms with Crippen LogP contribution in [0.2, 0.25) is 0 Å². The molecule has 0 saturated carbocycles. The van der Waals surface area contributed by atoms with Gasteiger partial charge in [-0.15, -0.1) is 0 Å². The van der Waals surface area contributed by atoms with Gasteiger partial charge < -0.3 is 20.9 Å². The molecule has 0 aliphatic heterocycles. The van der Waals surface area contributed by atoms with Crippen LogP contribution in [0.3, 0.4) is 0 Å². The maximum Gasteiger partial charge on any atom is 0.343 e. The summed E-state index contributed by atoms with van der Waals surface area (Å²) < 4.78 is 11.0. The van der Waals surface area contributed by atoms with Gasteiger partial charge in [-0.2, -0.15) is 0 Å². The molecule has 0 amide bonds. The highest BCUT2D eigenvalue weighted by atomic mass is 16.5. The van der Waals surface area contributed by atoms with Crippen LogP contribution in [-0.4, -0.2) is 11.9 Å². The molecule has 6 nitrogen and oxygen atoms in total. The van der Waals surface area contributed by atoms with Crippen LogP contribution in [-0.2, 0) is 0 Å². The maximum absolute atomic E-state index is 12.5. The van der Waals surface area contributed by atoms with Crippen molar-refractivity contribution in [1.29, 1.82) is 0 Å². The van der Waals surface area contributed by atoms with E-state index in [0.717, 1.165) is 22.3 Å². The molecule has 0 atom stereocenters. The third-order valence-corrected chi connectivity index (χ3v) is 5.38. The number of nitrogen functional groups attached to an aromatic ring is 2. The normalized spacial score (nSPS) is 10.5. The number of aryl methyl sites for hydroxylation is 2. The van der Waals surface area contributed by atoms with Crippen LogP contribution in [0, 0.1) is 13.8 Å². The Morgan fingerprint density at radius 2 is 0.912 bits per heavy atom. The molecular weight excluding hydrogens is 428 g/mol. The Kier molecular flexibility index (Phi) is 6.32. The minimum Gasteiger partial charge on any atom is -0.423 e. The van der Waals surface area contributed by atoms with Gasteiger partial charge in [0, 0.05) is 11.4 Å². The molecule has 0 unspecified atom stereocenters. The second kappa shape index (κ2) is 9.50. The number of hydrogen-bond donors (Lipinski definition) is 2. The Hall–Kier alpha value is -4.58. The standard InChI is InChI=1S/C28H24N2O4/c1-17-15-23(29)11-13-25(17)33-27(31)21-7-3-19(4-8-21)20-5-9-22(10-6-20)28(32)34-26-14-12-24(30)16-18(26)2/h3-16H,29-30H2,1-2H3. The number of rotatable bonds is 5. The van der Waals surface area contributed by atoms with E-state index in [-0.39, 0.29) is 0 Å². The van der Waals surface area contributed by atoms with E-state index in [9.17, 15) is 9.59 Å². The Morgan fingerprint density at radius 3 is 1.24 bits per heavy atom. The first-order valence-electron chi connectivity index (χ1n) is 10.7. The predicted molar refractivity (Wildman–Crippen MR) is 133 cm³/mol. The second-order valence-corrected chi connectivity index (χ2v) is 7.98. The highest BCUT2D eigenvalue weighted by molar-refractivity contribution is 5.93. The van der Waals surface area contributed by atoms with Gasteiger partial charge in [0.2, 0.25) is 0 Å². The maximum atomic E-state index is 12.5. The van der Waals surface area contributed by atoms with Crippen LogP contribution in [0.25, 0.3) is 11.1 Å². The van der Waals surface area contributed by atoms with Crippen LogP contribution in [0.5, 0.6) is 11.5 Å². The third-order valence-electron chi connectivity index (χ3n) is 5.38. The monoisotopic (exact) mass is 452 g/mol. The number of hydrogen-bond acceptors (Lipinski definition) is 6. The fourth-order valence-electron chi connectivity index (χ4n) is 3.49. The molecule has 6 heteroatoms. The molecule has 0 aliphatic rings. The molecule has 0 spiro atoms. The number of nitrogens with two attached hydrogens (primary N) is 2. The summed E-state index contributed by atoms with van der Waals surface area (Å²) in [6.45, 7) is 3.66. The molecule has 4 aromatic carbocycles. The highest BCUT2D eigenvalue weighted by Gasteiger charge is 2.13. The van der Waals surface area contributed by atoms with Gasteiger partial charge in [0.25, 0.3) is 0 Å². The average Bonchev–Trinajstić information content (AvgIpc) is 2.83. The molecule has 4 rings (SSSR count). The Bertz CT molecular complexity index is 1250. The zero-order valence-corrected chi connectivity index (χ0v) is 18.9. The molecule has 0 aromatic heterocycles. The highest BCUT2D eigenvalue weighted by Crippen LogP contribution is 2.25. The molecule has 0 heterocycles. The SMILES string of the molecule is Cc1cc(N)ccc1OC(=O)c1ccc(-c2ccc(C(=O)Oc3ccc(N)cc3C)cc2)cc1. The predicted octanol–water partition coefficient (Wildman–Crippen LogP) is 5.57. The number of ether oxygens (including phenoxy) is 2. The number of esters is 2. The molecule has 0 saturated heterocycles. The molecule has 0 aliphatic carbocycles. The number of carbonyl (C=O) groups excluding carboxylic acids is 2. The lowest BCUT2D eigenvalue weighted by atomic mass is 10.0. The largest absolute Gasteiger partial charge is 0.423 e. The van der Waals surface area contributed by atoms with Gasteiger partial charge in [-0.25, -0.2) is 9.59 Å². The topological polar surface area (TPSA) is 105 Å². The van der Waals surface area contributed by atoms with Crippen molar-refractivity contribution < 1.29 is 19.1 Å². The summed E-state index contributed by atoms with van der Waals surface area (Å²) >= 11 is 0. The summed E-state index contributed by atoms with van der Waals surface area (Å²) in [6.07, 6.45) is 0. The summed E-state index contributed by atoms with van der Waals surface area (Å²) in [4.78, 5) is 25.0. The fraction of sp³-hybridized carbons (Fsp3) is 0.0714. The van der Waals surface area contributed by atoms with E-state index < -0.39 is 11.9 Å². The molecule has 0 bridgehead atoms. The number of anilines is 2. The van der Waals surface area contributed by atoms with Crippen LogP contribution >= 0.6 is 0 Å². The third kappa shape index (κ3) is 5.07.